The maximum Gasteiger partial charge on any atom is 0.247 e. The van der Waals surface area contributed by atoms with E-state index in [1.165, 1.54) is 6.08 Å². The van der Waals surface area contributed by atoms with Crippen LogP contribution in [0.4, 0.5) is 5.82 Å². The first kappa shape index (κ1) is 16.4. The number of nitrogens with one attached hydrogen (secondary N) is 2. The molecule has 0 fully saturated rings. The smallest absolute Gasteiger partial charge is 0.247 e. The molecule has 0 spiro atoms. The lowest BCUT2D eigenvalue weighted by molar-refractivity contribution is -0.115. The molecule has 23 heavy (non-hydrogen) atoms. The molecule has 2 N–H and O–H groups in total. The first-order valence-corrected chi connectivity index (χ1v) is 7.00. The van der Waals surface area contributed by atoms with E-state index >= 15 is 0 Å². The van der Waals surface area contributed by atoms with Crippen LogP contribution in [0.3, 0.4) is 0 Å². The zero-order valence-corrected chi connectivity index (χ0v) is 13.2. The summed E-state index contributed by atoms with van der Waals surface area (Å²) in [6, 6.07) is 3.34. The number of aliphatic imine (C=N–C) groups is 1. The SMILES string of the molecule is C=CC(=O)NC(/C=C(\N=C)Nc1cc(Cl)nc2ccnn12)=C/C. The summed E-state index contributed by atoms with van der Waals surface area (Å²) >= 11 is 5.99. The zero-order chi connectivity index (χ0) is 16.8. The molecule has 0 aliphatic heterocycles. The molecule has 0 aliphatic carbocycles. The number of fused-ring (bicyclic) bond motifs is 1. The van der Waals surface area contributed by atoms with Crippen LogP contribution in [0.2, 0.25) is 5.15 Å². The van der Waals surface area contributed by atoms with E-state index < -0.39 is 0 Å². The predicted octanol–water partition coefficient (Wildman–Crippen LogP) is 2.54. The highest BCUT2D eigenvalue weighted by Gasteiger charge is 2.07. The van der Waals surface area contributed by atoms with Gasteiger partial charge in [0.05, 0.1) is 6.20 Å². The highest BCUT2D eigenvalue weighted by Crippen LogP contribution is 2.18. The van der Waals surface area contributed by atoms with Gasteiger partial charge in [-0.05, 0) is 19.7 Å². The second kappa shape index (κ2) is 7.37. The highest BCUT2D eigenvalue weighted by atomic mass is 35.5. The molecule has 8 heteroatoms. The summed E-state index contributed by atoms with van der Waals surface area (Å²) in [6.07, 6.45) is 6.13. The molecule has 0 bridgehead atoms. The lowest BCUT2D eigenvalue weighted by Crippen LogP contribution is -2.19. The Morgan fingerprint density at radius 3 is 2.96 bits per heavy atom. The number of rotatable bonds is 6. The number of hydrogen-bond donors (Lipinski definition) is 2. The van der Waals surface area contributed by atoms with Gasteiger partial charge in [0.25, 0.3) is 0 Å². The van der Waals surface area contributed by atoms with Crippen molar-refractivity contribution in [2.75, 3.05) is 5.32 Å². The van der Waals surface area contributed by atoms with E-state index in [0.29, 0.717) is 28.1 Å². The van der Waals surface area contributed by atoms with E-state index in [0.717, 1.165) is 0 Å². The van der Waals surface area contributed by atoms with Crippen LogP contribution in [0.15, 0.2) is 59.6 Å². The number of allylic oxidation sites excluding steroid dienone is 2. The van der Waals surface area contributed by atoms with E-state index in [1.807, 2.05) is 0 Å². The molecule has 2 rings (SSSR count). The molecule has 0 aliphatic rings. The van der Waals surface area contributed by atoms with Crippen LogP contribution in [-0.2, 0) is 4.79 Å². The number of nitrogens with zero attached hydrogens (tertiary/aromatic N) is 4. The molecule has 118 valence electrons. The molecule has 0 aromatic carbocycles. The average Bonchev–Trinajstić information content (AvgIpc) is 3.01. The lowest BCUT2D eigenvalue weighted by atomic mass is 10.3. The van der Waals surface area contributed by atoms with Gasteiger partial charge in [0.15, 0.2) is 5.65 Å². The second-order valence-corrected chi connectivity index (χ2v) is 4.70. The molecule has 0 saturated heterocycles. The Bertz CT molecular complexity index is 820. The van der Waals surface area contributed by atoms with Crippen molar-refractivity contribution in [3.8, 4) is 0 Å². The number of amides is 1. The number of anilines is 1. The second-order valence-electron chi connectivity index (χ2n) is 4.32. The summed E-state index contributed by atoms with van der Waals surface area (Å²) in [5.74, 6) is 0.648. The van der Waals surface area contributed by atoms with Gasteiger partial charge in [0.1, 0.15) is 16.8 Å². The maximum absolute atomic E-state index is 11.4. The zero-order valence-electron chi connectivity index (χ0n) is 12.5. The normalized spacial score (nSPS) is 12.1. The molecule has 2 aromatic heterocycles. The Hall–Kier alpha value is -2.93. The molecule has 0 unspecified atom stereocenters. The molecule has 2 heterocycles. The summed E-state index contributed by atoms with van der Waals surface area (Å²) < 4.78 is 1.57. The summed E-state index contributed by atoms with van der Waals surface area (Å²) in [5, 5.41) is 10.2. The van der Waals surface area contributed by atoms with Gasteiger partial charge in [-0.15, -0.1) is 0 Å². The van der Waals surface area contributed by atoms with E-state index in [9.17, 15) is 4.79 Å². The third-order valence-electron chi connectivity index (χ3n) is 2.81. The predicted molar refractivity (Wildman–Crippen MR) is 91.3 cm³/mol. The van der Waals surface area contributed by atoms with Crippen LogP contribution in [0, 0.1) is 0 Å². The monoisotopic (exact) mass is 330 g/mol. The Morgan fingerprint density at radius 1 is 1.52 bits per heavy atom. The van der Waals surface area contributed by atoms with Gasteiger partial charge in [-0.3, -0.25) is 4.79 Å². The van der Waals surface area contributed by atoms with Crippen molar-refractivity contribution in [2.24, 2.45) is 4.99 Å². The first-order chi connectivity index (χ1) is 11.1. The largest absolute Gasteiger partial charge is 0.325 e. The van der Waals surface area contributed by atoms with Gasteiger partial charge in [-0.1, -0.05) is 24.3 Å². The molecular formula is C15H15ClN6O. The van der Waals surface area contributed by atoms with Gasteiger partial charge in [0.2, 0.25) is 5.91 Å². The number of hydrogen-bond acceptors (Lipinski definition) is 5. The number of carbonyl (C=O) groups excluding carboxylic acids is 1. The fraction of sp³-hybridized carbons (Fsp3) is 0.0667. The molecular weight excluding hydrogens is 316 g/mol. The minimum Gasteiger partial charge on any atom is -0.325 e. The lowest BCUT2D eigenvalue weighted by Gasteiger charge is -2.10. The number of carbonyl (C=O) groups is 1. The van der Waals surface area contributed by atoms with Gasteiger partial charge >= 0.3 is 0 Å². The Morgan fingerprint density at radius 2 is 2.30 bits per heavy atom. The van der Waals surface area contributed by atoms with E-state index in [-0.39, 0.29) is 5.91 Å². The third-order valence-corrected chi connectivity index (χ3v) is 3.00. The summed E-state index contributed by atoms with van der Waals surface area (Å²) in [5.41, 5.74) is 1.14. The van der Waals surface area contributed by atoms with E-state index in [1.54, 1.807) is 41.9 Å². The van der Waals surface area contributed by atoms with Crippen molar-refractivity contribution in [1.82, 2.24) is 19.9 Å². The molecule has 0 radical (unpaired) electrons. The number of aromatic nitrogens is 3. The summed E-state index contributed by atoms with van der Waals surface area (Å²) in [6.45, 7) is 8.71. The van der Waals surface area contributed by atoms with Crippen LogP contribution < -0.4 is 10.6 Å². The topological polar surface area (TPSA) is 83.7 Å². The van der Waals surface area contributed by atoms with E-state index in [4.69, 9.17) is 11.6 Å². The van der Waals surface area contributed by atoms with Crippen molar-refractivity contribution >= 4 is 35.7 Å². The first-order valence-electron chi connectivity index (χ1n) is 6.63. The van der Waals surface area contributed by atoms with Crippen molar-refractivity contribution in [1.29, 1.82) is 0 Å². The van der Waals surface area contributed by atoms with Crippen molar-refractivity contribution in [3.05, 3.63) is 59.8 Å². The average molecular weight is 331 g/mol. The van der Waals surface area contributed by atoms with Crippen LogP contribution in [0.5, 0.6) is 0 Å². The van der Waals surface area contributed by atoms with Crippen molar-refractivity contribution in [2.45, 2.75) is 6.92 Å². The fourth-order valence-corrected chi connectivity index (χ4v) is 1.95. The van der Waals surface area contributed by atoms with Gasteiger partial charge < -0.3 is 10.6 Å². The van der Waals surface area contributed by atoms with Gasteiger partial charge in [0, 0.05) is 23.9 Å². The van der Waals surface area contributed by atoms with Gasteiger partial charge in [-0.2, -0.15) is 9.61 Å². The van der Waals surface area contributed by atoms with E-state index in [2.05, 4.69) is 39.0 Å². The summed E-state index contributed by atoms with van der Waals surface area (Å²) in [4.78, 5) is 19.4. The molecule has 0 saturated carbocycles. The van der Waals surface area contributed by atoms with Crippen LogP contribution in [-0.4, -0.2) is 27.2 Å². The minimum absolute atomic E-state index is 0.315. The molecule has 1 amide bonds. The molecule has 7 nitrogen and oxygen atoms in total. The Labute approximate surface area is 138 Å². The quantitative estimate of drug-likeness (QED) is 0.369. The van der Waals surface area contributed by atoms with Crippen LogP contribution in [0.1, 0.15) is 6.92 Å². The molecule has 0 atom stereocenters. The van der Waals surface area contributed by atoms with Crippen molar-refractivity contribution < 1.29 is 4.79 Å². The maximum atomic E-state index is 11.4. The van der Waals surface area contributed by atoms with Crippen molar-refractivity contribution in [3.63, 3.8) is 0 Å². The summed E-state index contributed by atoms with van der Waals surface area (Å²) in [7, 11) is 0. The van der Waals surface area contributed by atoms with Crippen LogP contribution in [0.25, 0.3) is 5.65 Å². The molecule has 2 aromatic rings. The fourth-order valence-electron chi connectivity index (χ4n) is 1.76. The minimum atomic E-state index is -0.320. The standard InChI is InChI=1S/C15H15ClN6O/c1-4-10(19-15(23)5-2)8-12(17-3)21-14-9-11(16)20-13-6-7-18-22(13)14/h4-9,21H,2-3H2,1H3,(H,19,23)/b10-4+,12-8+. The Kier molecular flexibility index (Phi) is 5.27. The Balaban J connectivity index is 2.32. The highest BCUT2D eigenvalue weighted by molar-refractivity contribution is 6.29. The third kappa shape index (κ3) is 4.04. The number of halogens is 1. The van der Waals surface area contributed by atoms with Gasteiger partial charge in [-0.25, -0.2) is 9.98 Å². The van der Waals surface area contributed by atoms with Crippen LogP contribution >= 0.6 is 11.6 Å².